The second kappa shape index (κ2) is 14.9. The van der Waals surface area contributed by atoms with Crippen LogP contribution in [-0.4, -0.2) is 69.2 Å². The van der Waals surface area contributed by atoms with Crippen LogP contribution in [0.15, 0.2) is 24.3 Å². The first-order valence-electron chi connectivity index (χ1n) is 8.85. The highest BCUT2D eigenvalue weighted by molar-refractivity contribution is 8.76. The molecule has 1 rings (SSSR count). The number of nitrogens with zero attached hydrogens (tertiary/aromatic N) is 1. The summed E-state index contributed by atoms with van der Waals surface area (Å²) >= 11 is 0. The highest BCUT2D eigenvalue weighted by Crippen LogP contribution is 2.21. The molecule has 0 radical (unpaired) electrons. The number of rotatable bonds is 11. The minimum Gasteiger partial charge on any atom is -0.481 e. The van der Waals surface area contributed by atoms with Crippen LogP contribution in [0.1, 0.15) is 23.7 Å². The lowest BCUT2D eigenvalue weighted by molar-refractivity contribution is -0.384. The first-order valence-corrected chi connectivity index (χ1v) is 11.3. The van der Waals surface area contributed by atoms with E-state index in [4.69, 9.17) is 15.0 Å². The Morgan fingerprint density at radius 1 is 1.15 bits per heavy atom. The van der Waals surface area contributed by atoms with Gasteiger partial charge in [0.25, 0.3) is 11.6 Å². The maximum Gasteiger partial charge on any atom is 0.490 e. The van der Waals surface area contributed by atoms with Crippen molar-refractivity contribution in [3.05, 3.63) is 39.9 Å². The van der Waals surface area contributed by atoms with Crippen molar-refractivity contribution in [2.45, 2.75) is 25.6 Å². The largest absolute Gasteiger partial charge is 0.490 e. The number of nitro benzene ring substituents is 1. The van der Waals surface area contributed by atoms with Crippen molar-refractivity contribution in [1.29, 1.82) is 0 Å². The Balaban J connectivity index is 0.00000126. The monoisotopic (exact) mass is 515 g/mol. The van der Waals surface area contributed by atoms with Gasteiger partial charge in [0.2, 0.25) is 5.91 Å². The van der Waals surface area contributed by atoms with E-state index in [9.17, 15) is 37.7 Å². The van der Waals surface area contributed by atoms with Crippen molar-refractivity contribution < 1.29 is 47.5 Å². The molecule has 1 atom stereocenters. The van der Waals surface area contributed by atoms with Gasteiger partial charge in [-0.1, -0.05) is 27.7 Å². The number of carbonyl (C=O) groups excluding carboxylic acids is 2. The second-order valence-electron chi connectivity index (χ2n) is 5.88. The van der Waals surface area contributed by atoms with E-state index in [0.29, 0.717) is 18.1 Å². The highest BCUT2D eigenvalue weighted by atomic mass is 33.1. The SMILES string of the molecule is CC(NC(=O)c1cccc([N+](=O)[O-])c1)C(=O)NCCSSCCC(=O)O.O=C(O)C(F)(F)F. The molecule has 0 aliphatic rings. The lowest BCUT2D eigenvalue weighted by Gasteiger charge is -2.14. The summed E-state index contributed by atoms with van der Waals surface area (Å²) in [5, 5.41) is 31.5. The Hall–Kier alpha value is -3.01. The van der Waals surface area contributed by atoms with Gasteiger partial charge < -0.3 is 20.8 Å². The normalized spacial score (nSPS) is 11.4. The minimum atomic E-state index is -5.08. The maximum atomic E-state index is 12.1. The van der Waals surface area contributed by atoms with Gasteiger partial charge >= 0.3 is 18.1 Å². The Morgan fingerprint density at radius 3 is 2.24 bits per heavy atom. The predicted molar refractivity (Wildman–Crippen MR) is 114 cm³/mol. The van der Waals surface area contributed by atoms with Crippen molar-refractivity contribution >= 4 is 51.0 Å². The van der Waals surface area contributed by atoms with E-state index >= 15 is 0 Å². The number of hydrogen-bond acceptors (Lipinski definition) is 8. The molecular formula is C17H20F3N3O8S2. The van der Waals surface area contributed by atoms with Gasteiger partial charge in [0.05, 0.1) is 11.3 Å². The third-order valence-corrected chi connectivity index (χ3v) is 5.68. The van der Waals surface area contributed by atoms with Crippen LogP contribution in [0.5, 0.6) is 0 Å². The number of benzene rings is 1. The molecule has 0 spiro atoms. The van der Waals surface area contributed by atoms with Crippen LogP contribution in [0, 0.1) is 10.1 Å². The average Bonchev–Trinajstić information content (AvgIpc) is 2.72. The molecule has 0 bridgehead atoms. The predicted octanol–water partition coefficient (Wildman–Crippen LogP) is 2.32. The van der Waals surface area contributed by atoms with Gasteiger partial charge in [0.15, 0.2) is 0 Å². The van der Waals surface area contributed by atoms with E-state index < -0.39 is 35.0 Å². The first kappa shape index (κ1) is 30.0. The summed E-state index contributed by atoms with van der Waals surface area (Å²) in [7, 11) is 2.86. The fourth-order valence-electron chi connectivity index (χ4n) is 1.72. The number of hydrogen-bond donors (Lipinski definition) is 4. The van der Waals surface area contributed by atoms with Gasteiger partial charge in [-0.2, -0.15) is 13.2 Å². The zero-order valence-corrected chi connectivity index (χ0v) is 18.6. The molecular weight excluding hydrogens is 495 g/mol. The molecule has 1 aromatic rings. The summed E-state index contributed by atoms with van der Waals surface area (Å²) < 4.78 is 31.7. The summed E-state index contributed by atoms with van der Waals surface area (Å²) in [6.45, 7) is 1.89. The van der Waals surface area contributed by atoms with E-state index in [1.165, 1.54) is 46.7 Å². The number of amides is 2. The summed E-state index contributed by atoms with van der Waals surface area (Å²) in [6, 6.07) is 4.45. The third kappa shape index (κ3) is 13.9. The third-order valence-electron chi connectivity index (χ3n) is 3.27. The smallest absolute Gasteiger partial charge is 0.481 e. The minimum absolute atomic E-state index is 0.0880. The fraction of sp³-hybridized carbons (Fsp3) is 0.412. The van der Waals surface area contributed by atoms with Gasteiger partial charge in [0.1, 0.15) is 6.04 Å². The van der Waals surface area contributed by atoms with Crippen LogP contribution in [0.4, 0.5) is 18.9 Å². The lowest BCUT2D eigenvalue weighted by Crippen LogP contribution is -2.45. The lowest BCUT2D eigenvalue weighted by atomic mass is 10.1. The van der Waals surface area contributed by atoms with Crippen LogP contribution >= 0.6 is 21.6 Å². The van der Waals surface area contributed by atoms with Crippen LogP contribution < -0.4 is 10.6 Å². The number of nitrogens with one attached hydrogen (secondary N) is 2. The molecule has 0 heterocycles. The number of carbonyl (C=O) groups is 4. The molecule has 1 unspecified atom stereocenters. The zero-order valence-electron chi connectivity index (χ0n) is 17.0. The van der Waals surface area contributed by atoms with Crippen LogP contribution in [0.2, 0.25) is 0 Å². The molecule has 184 valence electrons. The van der Waals surface area contributed by atoms with E-state index in [0.717, 1.165) is 6.07 Å². The van der Waals surface area contributed by atoms with Gasteiger partial charge in [-0.3, -0.25) is 24.5 Å². The average molecular weight is 515 g/mol. The van der Waals surface area contributed by atoms with E-state index in [1.807, 2.05) is 0 Å². The van der Waals surface area contributed by atoms with Crippen molar-refractivity contribution in [3.8, 4) is 0 Å². The van der Waals surface area contributed by atoms with Crippen molar-refractivity contribution in [3.63, 3.8) is 0 Å². The molecule has 0 fully saturated rings. The molecule has 11 nitrogen and oxygen atoms in total. The van der Waals surface area contributed by atoms with Crippen LogP contribution in [0.3, 0.4) is 0 Å². The second-order valence-corrected chi connectivity index (χ2v) is 8.59. The summed E-state index contributed by atoms with van der Waals surface area (Å²) in [4.78, 5) is 53.4. The molecule has 0 saturated heterocycles. The van der Waals surface area contributed by atoms with Crippen LogP contribution in [-0.2, 0) is 14.4 Å². The molecule has 0 saturated carbocycles. The number of alkyl halides is 3. The summed E-state index contributed by atoms with van der Waals surface area (Å²) in [5.41, 5.74) is -0.101. The Morgan fingerprint density at radius 2 is 1.73 bits per heavy atom. The highest BCUT2D eigenvalue weighted by Gasteiger charge is 2.38. The quantitative estimate of drug-likeness (QED) is 0.148. The number of aliphatic carboxylic acids is 2. The summed E-state index contributed by atoms with van der Waals surface area (Å²) in [6.07, 6.45) is -5.00. The molecule has 0 aliphatic carbocycles. The topological polar surface area (TPSA) is 176 Å². The van der Waals surface area contributed by atoms with Gasteiger partial charge in [-0.05, 0) is 13.0 Å². The van der Waals surface area contributed by atoms with Gasteiger partial charge in [0, 0.05) is 35.7 Å². The van der Waals surface area contributed by atoms with E-state index in [-0.39, 0.29) is 23.6 Å². The standard InChI is InChI=1S/C15H19N3O6S2.C2HF3O2/c1-10(14(21)16-6-8-26-25-7-5-13(19)20)17-15(22)11-3-2-4-12(9-11)18(23)24;3-2(4,5)1(6)7/h2-4,9-10H,5-8H2,1H3,(H,16,21)(H,17,22)(H,19,20);(H,6,7). The molecule has 0 aliphatic heterocycles. The first-order chi connectivity index (χ1) is 15.3. The molecule has 2 amide bonds. The number of carboxylic acids is 2. The number of carboxylic acid groups (broad SMARTS) is 2. The van der Waals surface area contributed by atoms with Crippen molar-refractivity contribution in [2.75, 3.05) is 18.1 Å². The molecule has 1 aromatic carbocycles. The Kier molecular flexibility index (Phi) is 13.6. The van der Waals surface area contributed by atoms with E-state index in [1.54, 1.807) is 0 Å². The zero-order chi connectivity index (χ0) is 25.6. The maximum absolute atomic E-state index is 12.1. The van der Waals surface area contributed by atoms with Crippen molar-refractivity contribution in [2.24, 2.45) is 0 Å². The Labute approximate surface area is 193 Å². The molecule has 16 heteroatoms. The van der Waals surface area contributed by atoms with Gasteiger partial charge in [-0.15, -0.1) is 0 Å². The number of nitro groups is 1. The molecule has 0 aromatic heterocycles. The molecule has 4 N–H and O–H groups in total. The number of halogens is 3. The fourth-order valence-corrected chi connectivity index (χ4v) is 3.61. The van der Waals surface area contributed by atoms with Crippen molar-refractivity contribution in [1.82, 2.24) is 10.6 Å². The number of non-ortho nitro benzene ring substituents is 1. The molecule has 33 heavy (non-hydrogen) atoms. The Bertz CT molecular complexity index is 855. The van der Waals surface area contributed by atoms with Gasteiger partial charge in [-0.25, -0.2) is 4.79 Å². The summed E-state index contributed by atoms with van der Waals surface area (Å²) in [5.74, 6) is -3.47. The van der Waals surface area contributed by atoms with E-state index in [2.05, 4.69) is 10.6 Å². The van der Waals surface area contributed by atoms with Crippen LogP contribution in [0.25, 0.3) is 0 Å².